The molecule has 3 heterocycles. The van der Waals surface area contributed by atoms with Gasteiger partial charge in [0.1, 0.15) is 12.4 Å². The zero-order valence-electron chi connectivity index (χ0n) is 14.1. The molecule has 0 aliphatic carbocycles. The van der Waals surface area contributed by atoms with E-state index in [1.165, 1.54) is 0 Å². The topological polar surface area (TPSA) is 42.0 Å². The maximum atomic E-state index is 12.9. The van der Waals surface area contributed by atoms with Crippen molar-refractivity contribution < 1.29 is 14.3 Å². The first-order chi connectivity index (χ1) is 11.7. The third kappa shape index (κ3) is 2.94. The van der Waals surface area contributed by atoms with Crippen LogP contribution in [0.25, 0.3) is 6.08 Å². The molecule has 1 aromatic rings. The molecule has 5 nitrogen and oxygen atoms in total. The molecule has 5 heteroatoms. The van der Waals surface area contributed by atoms with Crippen LogP contribution in [0.5, 0.6) is 5.75 Å². The quantitative estimate of drug-likeness (QED) is 0.828. The third-order valence-corrected chi connectivity index (χ3v) is 5.28. The smallest absolute Gasteiger partial charge is 0.253 e. The minimum Gasteiger partial charge on any atom is -0.488 e. The Morgan fingerprint density at radius 2 is 1.96 bits per heavy atom. The van der Waals surface area contributed by atoms with Gasteiger partial charge in [0, 0.05) is 37.8 Å². The molecule has 24 heavy (non-hydrogen) atoms. The van der Waals surface area contributed by atoms with Crippen LogP contribution >= 0.6 is 0 Å². The number of likely N-dealkylation sites (tertiary alicyclic amines) is 1. The fourth-order valence-corrected chi connectivity index (χ4v) is 3.94. The van der Waals surface area contributed by atoms with E-state index in [2.05, 4.69) is 11.8 Å². The van der Waals surface area contributed by atoms with Gasteiger partial charge in [-0.15, -0.1) is 0 Å². The highest BCUT2D eigenvalue weighted by Crippen LogP contribution is 2.29. The summed E-state index contributed by atoms with van der Waals surface area (Å²) in [6, 6.07) is 8.30. The summed E-state index contributed by atoms with van der Waals surface area (Å²) < 4.78 is 11.2. The summed E-state index contributed by atoms with van der Waals surface area (Å²) >= 11 is 0. The lowest BCUT2D eigenvalue weighted by atomic mass is 10.0. The summed E-state index contributed by atoms with van der Waals surface area (Å²) in [7, 11) is 0. The van der Waals surface area contributed by atoms with Gasteiger partial charge in [0.05, 0.1) is 18.8 Å². The molecule has 0 unspecified atom stereocenters. The lowest BCUT2D eigenvalue weighted by molar-refractivity contribution is -0.126. The predicted molar refractivity (Wildman–Crippen MR) is 91.8 cm³/mol. The number of carbonyl (C=O) groups is 1. The molecular weight excluding hydrogens is 304 g/mol. The standard InChI is InChI=1S/C19H24N2O3/c1-14-11-21(12-17(14)20-6-8-23-9-7-20)19(22)16-10-15-4-2-3-5-18(15)24-13-16/h2-5,10,14,17H,6-9,11-13H2,1H3/t14-,17-/m0/s1. The maximum Gasteiger partial charge on any atom is 0.253 e. The zero-order chi connectivity index (χ0) is 16.5. The summed E-state index contributed by atoms with van der Waals surface area (Å²) in [6.07, 6.45) is 1.98. The van der Waals surface area contributed by atoms with Crippen molar-refractivity contribution in [2.45, 2.75) is 13.0 Å². The average molecular weight is 328 g/mol. The molecule has 1 aromatic carbocycles. The van der Waals surface area contributed by atoms with E-state index in [1.807, 2.05) is 35.2 Å². The van der Waals surface area contributed by atoms with Crippen molar-refractivity contribution in [1.29, 1.82) is 0 Å². The van der Waals surface area contributed by atoms with Crippen molar-refractivity contribution in [1.82, 2.24) is 9.80 Å². The van der Waals surface area contributed by atoms with Crippen molar-refractivity contribution in [2.75, 3.05) is 46.0 Å². The molecular formula is C19H24N2O3. The van der Waals surface area contributed by atoms with Crippen LogP contribution in [0.1, 0.15) is 12.5 Å². The second-order valence-corrected chi connectivity index (χ2v) is 6.90. The van der Waals surface area contributed by atoms with Gasteiger partial charge >= 0.3 is 0 Å². The Balaban J connectivity index is 1.47. The van der Waals surface area contributed by atoms with Gasteiger partial charge in [-0.25, -0.2) is 0 Å². The average Bonchev–Trinajstić information content (AvgIpc) is 3.03. The Bertz CT molecular complexity index is 652. The number of carbonyl (C=O) groups excluding carboxylic acids is 1. The van der Waals surface area contributed by atoms with Gasteiger partial charge in [0.2, 0.25) is 0 Å². The van der Waals surface area contributed by atoms with Crippen LogP contribution in [0, 0.1) is 5.92 Å². The van der Waals surface area contributed by atoms with Gasteiger partial charge in [-0.2, -0.15) is 0 Å². The Hall–Kier alpha value is -1.85. The second-order valence-electron chi connectivity index (χ2n) is 6.90. The minimum absolute atomic E-state index is 0.118. The van der Waals surface area contributed by atoms with E-state index < -0.39 is 0 Å². The van der Waals surface area contributed by atoms with Gasteiger partial charge in [0.15, 0.2) is 0 Å². The molecule has 0 spiro atoms. The number of hydrogen-bond acceptors (Lipinski definition) is 4. The van der Waals surface area contributed by atoms with Gasteiger partial charge < -0.3 is 14.4 Å². The van der Waals surface area contributed by atoms with Crippen LogP contribution < -0.4 is 4.74 Å². The second kappa shape index (κ2) is 6.57. The lowest BCUT2D eigenvalue weighted by Gasteiger charge is -2.34. The molecule has 2 saturated heterocycles. The monoisotopic (exact) mass is 328 g/mol. The van der Waals surface area contributed by atoms with Crippen molar-refractivity contribution in [3.8, 4) is 5.75 Å². The van der Waals surface area contributed by atoms with Gasteiger partial charge in [-0.1, -0.05) is 25.1 Å². The number of ether oxygens (including phenoxy) is 2. The molecule has 2 fully saturated rings. The summed E-state index contributed by atoms with van der Waals surface area (Å²) in [5, 5.41) is 0. The number of nitrogens with zero attached hydrogens (tertiary/aromatic N) is 2. The van der Waals surface area contributed by atoms with Crippen LogP contribution in [-0.2, 0) is 9.53 Å². The molecule has 3 aliphatic rings. The maximum absolute atomic E-state index is 12.9. The normalized spacial score (nSPS) is 27.4. The molecule has 0 saturated carbocycles. The van der Waals surface area contributed by atoms with E-state index in [0.717, 1.165) is 56.3 Å². The van der Waals surface area contributed by atoms with Gasteiger partial charge in [0.25, 0.3) is 5.91 Å². The van der Waals surface area contributed by atoms with E-state index in [9.17, 15) is 4.79 Å². The third-order valence-electron chi connectivity index (χ3n) is 5.28. The minimum atomic E-state index is 0.118. The van der Waals surface area contributed by atoms with E-state index in [-0.39, 0.29) is 5.91 Å². The van der Waals surface area contributed by atoms with E-state index >= 15 is 0 Å². The molecule has 4 rings (SSSR count). The van der Waals surface area contributed by atoms with Crippen molar-refractivity contribution in [3.05, 3.63) is 35.4 Å². The first-order valence-electron chi connectivity index (χ1n) is 8.76. The van der Waals surface area contributed by atoms with E-state index in [4.69, 9.17) is 9.47 Å². The highest BCUT2D eigenvalue weighted by molar-refractivity contribution is 5.99. The Labute approximate surface area is 142 Å². The molecule has 1 amide bonds. The van der Waals surface area contributed by atoms with Crippen LogP contribution in [0.2, 0.25) is 0 Å². The SMILES string of the molecule is C[C@H]1CN(C(=O)C2=Cc3ccccc3OC2)C[C@@H]1N1CCOCC1. The fraction of sp³-hybridized carbons (Fsp3) is 0.526. The van der Waals surface area contributed by atoms with Crippen molar-refractivity contribution >= 4 is 12.0 Å². The van der Waals surface area contributed by atoms with E-state index in [1.54, 1.807) is 0 Å². The number of hydrogen-bond donors (Lipinski definition) is 0. The number of fused-ring (bicyclic) bond motifs is 1. The molecule has 0 N–H and O–H groups in total. The number of rotatable bonds is 2. The summed E-state index contributed by atoms with van der Waals surface area (Å²) in [6.45, 7) is 7.77. The lowest BCUT2D eigenvalue weighted by Crippen LogP contribution is -2.47. The number of amides is 1. The van der Waals surface area contributed by atoms with Gasteiger partial charge in [-0.05, 0) is 18.1 Å². The highest BCUT2D eigenvalue weighted by Gasteiger charge is 2.37. The zero-order valence-corrected chi connectivity index (χ0v) is 14.1. The Morgan fingerprint density at radius 1 is 1.17 bits per heavy atom. The molecule has 0 bridgehead atoms. The molecule has 2 atom stereocenters. The number of para-hydroxylation sites is 1. The molecule has 3 aliphatic heterocycles. The molecule has 0 aromatic heterocycles. The Morgan fingerprint density at radius 3 is 2.79 bits per heavy atom. The van der Waals surface area contributed by atoms with Crippen molar-refractivity contribution in [2.24, 2.45) is 5.92 Å². The van der Waals surface area contributed by atoms with Crippen LogP contribution in [0.15, 0.2) is 29.8 Å². The summed E-state index contributed by atoms with van der Waals surface area (Å²) in [5.74, 6) is 1.46. The van der Waals surface area contributed by atoms with Crippen LogP contribution in [-0.4, -0.2) is 67.7 Å². The largest absolute Gasteiger partial charge is 0.488 e. The van der Waals surface area contributed by atoms with Crippen LogP contribution in [0.4, 0.5) is 0 Å². The van der Waals surface area contributed by atoms with Gasteiger partial charge in [-0.3, -0.25) is 9.69 Å². The van der Waals surface area contributed by atoms with Crippen LogP contribution in [0.3, 0.4) is 0 Å². The molecule has 128 valence electrons. The number of morpholine rings is 1. The summed E-state index contributed by atoms with van der Waals surface area (Å²) in [5.41, 5.74) is 1.74. The van der Waals surface area contributed by atoms with Crippen molar-refractivity contribution in [3.63, 3.8) is 0 Å². The first kappa shape index (κ1) is 15.7. The highest BCUT2D eigenvalue weighted by atomic mass is 16.5. The summed E-state index contributed by atoms with van der Waals surface area (Å²) in [4.78, 5) is 17.4. The fourth-order valence-electron chi connectivity index (χ4n) is 3.94. The number of benzene rings is 1. The predicted octanol–water partition coefficient (Wildman–Crippen LogP) is 1.64. The van der Waals surface area contributed by atoms with E-state index in [0.29, 0.717) is 18.6 Å². The molecule has 0 radical (unpaired) electrons. The first-order valence-corrected chi connectivity index (χ1v) is 8.76. The Kier molecular flexibility index (Phi) is 4.29.